The lowest BCUT2D eigenvalue weighted by Gasteiger charge is -2.09. The van der Waals surface area contributed by atoms with Crippen LogP contribution in [0.5, 0.6) is 11.5 Å². The van der Waals surface area contributed by atoms with Crippen LogP contribution in [0.25, 0.3) is 23.1 Å². The van der Waals surface area contributed by atoms with Gasteiger partial charge in [0.15, 0.2) is 11.6 Å². The molecule has 0 atom stereocenters. The van der Waals surface area contributed by atoms with Crippen molar-refractivity contribution >= 4 is 34.6 Å². The molecule has 6 nitrogen and oxygen atoms in total. The van der Waals surface area contributed by atoms with E-state index in [1.165, 1.54) is 12.2 Å². The zero-order valence-electron chi connectivity index (χ0n) is 18.7. The summed E-state index contributed by atoms with van der Waals surface area (Å²) in [6.45, 7) is 0.339. The van der Waals surface area contributed by atoms with E-state index in [9.17, 15) is 9.59 Å². The van der Waals surface area contributed by atoms with Gasteiger partial charge < -0.3 is 14.5 Å². The molecule has 1 N–H and O–H groups in total. The SMILES string of the molecule is COc1cc(OCc2ccccn2)ccc1C=CC(=O)CC(=O)C=Cc1c[nH]c2ccccc12. The summed E-state index contributed by atoms with van der Waals surface area (Å²) < 4.78 is 11.2. The molecule has 4 rings (SSSR count). The predicted octanol–water partition coefficient (Wildman–Crippen LogP) is 5.41. The number of methoxy groups -OCH3 is 1. The monoisotopic (exact) mass is 452 g/mol. The van der Waals surface area contributed by atoms with Crippen LogP contribution in [0.15, 0.2) is 85.2 Å². The molecule has 0 fully saturated rings. The smallest absolute Gasteiger partial charge is 0.163 e. The number of ketones is 2. The zero-order valence-corrected chi connectivity index (χ0v) is 18.7. The quantitative estimate of drug-likeness (QED) is 0.257. The Morgan fingerprint density at radius 3 is 2.47 bits per heavy atom. The fraction of sp³-hybridized carbons (Fsp3) is 0.107. The molecule has 0 bridgehead atoms. The van der Waals surface area contributed by atoms with Gasteiger partial charge in [-0.15, -0.1) is 0 Å². The van der Waals surface area contributed by atoms with Crippen LogP contribution in [-0.4, -0.2) is 28.6 Å². The molecule has 170 valence electrons. The van der Waals surface area contributed by atoms with Crippen LogP contribution < -0.4 is 9.47 Å². The number of nitrogens with one attached hydrogen (secondary N) is 1. The number of allylic oxidation sites excluding steroid dienone is 2. The molecule has 0 radical (unpaired) electrons. The highest BCUT2D eigenvalue weighted by atomic mass is 16.5. The van der Waals surface area contributed by atoms with Crippen molar-refractivity contribution in [3.63, 3.8) is 0 Å². The minimum atomic E-state index is -0.286. The van der Waals surface area contributed by atoms with Crippen LogP contribution in [0.3, 0.4) is 0 Å². The molecule has 0 aliphatic carbocycles. The van der Waals surface area contributed by atoms with Gasteiger partial charge in [-0.3, -0.25) is 14.6 Å². The largest absolute Gasteiger partial charge is 0.496 e. The van der Waals surface area contributed by atoms with Crippen molar-refractivity contribution in [3.8, 4) is 11.5 Å². The standard InChI is InChI=1S/C28H24N2O4/c1-33-28-17-25(34-19-22-6-4-5-15-29-22)14-11-20(28)9-12-23(31)16-24(32)13-10-21-18-30-27-8-3-2-7-26(21)27/h2-15,17-18,30H,16,19H2,1H3. The summed E-state index contributed by atoms with van der Waals surface area (Å²) >= 11 is 0. The molecule has 0 amide bonds. The van der Waals surface area contributed by atoms with Crippen molar-refractivity contribution in [2.45, 2.75) is 13.0 Å². The van der Waals surface area contributed by atoms with Crippen LogP contribution in [0.2, 0.25) is 0 Å². The first-order valence-corrected chi connectivity index (χ1v) is 10.8. The van der Waals surface area contributed by atoms with Crippen molar-refractivity contribution in [2.24, 2.45) is 0 Å². The minimum absolute atomic E-state index is 0.205. The van der Waals surface area contributed by atoms with Gasteiger partial charge in [0, 0.05) is 34.9 Å². The highest BCUT2D eigenvalue weighted by Gasteiger charge is 2.07. The van der Waals surface area contributed by atoms with E-state index < -0.39 is 0 Å². The molecule has 34 heavy (non-hydrogen) atoms. The van der Waals surface area contributed by atoms with Gasteiger partial charge in [-0.2, -0.15) is 0 Å². The second-order valence-electron chi connectivity index (χ2n) is 7.58. The summed E-state index contributed by atoms with van der Waals surface area (Å²) in [5, 5.41) is 1.03. The van der Waals surface area contributed by atoms with Crippen LogP contribution >= 0.6 is 0 Å². The van der Waals surface area contributed by atoms with Crippen molar-refractivity contribution < 1.29 is 19.1 Å². The third-order valence-corrected chi connectivity index (χ3v) is 5.19. The van der Waals surface area contributed by atoms with Gasteiger partial charge >= 0.3 is 0 Å². The highest BCUT2D eigenvalue weighted by molar-refractivity contribution is 6.11. The lowest BCUT2D eigenvalue weighted by molar-refractivity contribution is -0.121. The average Bonchev–Trinajstić information content (AvgIpc) is 3.29. The Labute approximate surface area is 197 Å². The van der Waals surface area contributed by atoms with E-state index in [0.717, 1.165) is 22.2 Å². The van der Waals surface area contributed by atoms with E-state index in [-0.39, 0.29) is 18.0 Å². The molecule has 0 saturated heterocycles. The molecule has 6 heteroatoms. The number of carbonyl (C=O) groups is 2. The Balaban J connectivity index is 1.34. The van der Waals surface area contributed by atoms with E-state index >= 15 is 0 Å². The normalized spacial score (nSPS) is 11.3. The first-order valence-electron chi connectivity index (χ1n) is 10.8. The molecular weight excluding hydrogens is 428 g/mol. The zero-order chi connectivity index (χ0) is 23.8. The predicted molar refractivity (Wildman–Crippen MR) is 133 cm³/mol. The number of H-pyrrole nitrogens is 1. The summed E-state index contributed by atoms with van der Waals surface area (Å²) in [4.78, 5) is 31.9. The number of aromatic amines is 1. The van der Waals surface area contributed by atoms with Gasteiger partial charge in [0.2, 0.25) is 0 Å². The molecule has 0 unspecified atom stereocenters. The number of carbonyl (C=O) groups excluding carboxylic acids is 2. The van der Waals surface area contributed by atoms with Gasteiger partial charge in [-0.05, 0) is 60.2 Å². The number of hydrogen-bond acceptors (Lipinski definition) is 5. The molecule has 2 aromatic heterocycles. The van der Waals surface area contributed by atoms with Crippen molar-refractivity contribution in [3.05, 3.63) is 102 Å². The second kappa shape index (κ2) is 10.9. The number of hydrogen-bond donors (Lipinski definition) is 1. The van der Waals surface area contributed by atoms with Gasteiger partial charge in [-0.1, -0.05) is 24.3 Å². The summed E-state index contributed by atoms with van der Waals surface area (Å²) in [5.41, 5.74) is 3.43. The number of fused-ring (bicyclic) bond motifs is 1. The van der Waals surface area contributed by atoms with Crippen LogP contribution in [0.1, 0.15) is 23.2 Å². The lowest BCUT2D eigenvalue weighted by Crippen LogP contribution is -2.02. The molecular formula is C28H24N2O4. The minimum Gasteiger partial charge on any atom is -0.496 e. The molecule has 2 aromatic carbocycles. The Kier molecular flexibility index (Phi) is 7.30. The Bertz CT molecular complexity index is 1350. The van der Waals surface area contributed by atoms with E-state index in [4.69, 9.17) is 9.47 Å². The highest BCUT2D eigenvalue weighted by Crippen LogP contribution is 2.26. The van der Waals surface area contributed by atoms with Gasteiger partial charge in [0.05, 0.1) is 19.2 Å². The molecule has 4 aromatic rings. The number of benzene rings is 2. The first-order chi connectivity index (χ1) is 16.6. The molecule has 2 heterocycles. The average molecular weight is 453 g/mol. The van der Waals surface area contributed by atoms with Crippen molar-refractivity contribution in [1.82, 2.24) is 9.97 Å². The Morgan fingerprint density at radius 1 is 0.941 bits per heavy atom. The fourth-order valence-electron chi connectivity index (χ4n) is 3.45. The van der Waals surface area contributed by atoms with Gasteiger partial charge in [0.1, 0.15) is 18.1 Å². The number of aromatic nitrogens is 2. The Hall–Kier alpha value is -4.45. The molecule has 0 saturated carbocycles. The summed E-state index contributed by atoms with van der Waals surface area (Å²) in [6, 6.07) is 18.8. The number of ether oxygens (including phenoxy) is 2. The summed E-state index contributed by atoms with van der Waals surface area (Å²) in [5.74, 6) is 0.646. The van der Waals surface area contributed by atoms with E-state index in [1.807, 2.05) is 48.7 Å². The van der Waals surface area contributed by atoms with Crippen LogP contribution in [0, 0.1) is 0 Å². The third-order valence-electron chi connectivity index (χ3n) is 5.19. The van der Waals surface area contributed by atoms with Crippen molar-refractivity contribution in [2.75, 3.05) is 7.11 Å². The maximum absolute atomic E-state index is 12.3. The number of para-hydroxylation sites is 1. The van der Waals surface area contributed by atoms with Crippen LogP contribution in [-0.2, 0) is 16.2 Å². The van der Waals surface area contributed by atoms with Gasteiger partial charge in [0.25, 0.3) is 0 Å². The summed E-state index contributed by atoms with van der Waals surface area (Å²) in [7, 11) is 1.55. The second-order valence-corrected chi connectivity index (χ2v) is 7.58. The van der Waals surface area contributed by atoms with E-state index in [0.29, 0.717) is 23.7 Å². The number of rotatable bonds is 10. The fourth-order valence-corrected chi connectivity index (χ4v) is 3.45. The Morgan fingerprint density at radius 2 is 1.71 bits per heavy atom. The molecule has 0 aliphatic rings. The first kappa shape index (κ1) is 22.7. The molecule has 0 aliphatic heterocycles. The number of pyridine rings is 1. The maximum Gasteiger partial charge on any atom is 0.163 e. The van der Waals surface area contributed by atoms with Crippen LogP contribution in [0.4, 0.5) is 0 Å². The third kappa shape index (κ3) is 5.86. The topological polar surface area (TPSA) is 81.3 Å². The lowest BCUT2D eigenvalue weighted by atomic mass is 10.1. The van der Waals surface area contributed by atoms with Gasteiger partial charge in [-0.25, -0.2) is 0 Å². The summed E-state index contributed by atoms with van der Waals surface area (Å²) in [6.07, 6.45) is 9.55. The number of nitrogens with zero attached hydrogens (tertiary/aromatic N) is 1. The van der Waals surface area contributed by atoms with Crippen molar-refractivity contribution in [1.29, 1.82) is 0 Å². The maximum atomic E-state index is 12.3. The van der Waals surface area contributed by atoms with E-state index in [1.54, 1.807) is 43.7 Å². The molecule has 0 spiro atoms. The van der Waals surface area contributed by atoms with E-state index in [2.05, 4.69) is 9.97 Å².